The largest absolute Gasteiger partial charge is 0.507 e. The Labute approximate surface area is 276 Å². The lowest BCUT2D eigenvalue weighted by molar-refractivity contribution is -0.138. The number of benzene rings is 3. The lowest BCUT2D eigenvalue weighted by Crippen LogP contribution is -2.53. The molecule has 10 heteroatoms. The van der Waals surface area contributed by atoms with Crippen LogP contribution in [0.4, 0.5) is 10.5 Å². The smallest absolute Gasteiger partial charge is 0.423 e. The summed E-state index contributed by atoms with van der Waals surface area (Å²) >= 11 is 6.35. The van der Waals surface area contributed by atoms with E-state index in [9.17, 15) is 24.3 Å². The van der Waals surface area contributed by atoms with Crippen LogP contribution in [0, 0.1) is 23.7 Å². The molecule has 4 aliphatic rings. The summed E-state index contributed by atoms with van der Waals surface area (Å²) in [5.41, 5.74) is 1.02. The molecule has 47 heavy (non-hydrogen) atoms. The van der Waals surface area contributed by atoms with E-state index in [4.69, 9.17) is 16.3 Å². The number of carbonyl (C=O) groups excluding carboxylic acids is 5. The summed E-state index contributed by atoms with van der Waals surface area (Å²) < 4.78 is 4.78. The number of ether oxygens (including phenoxy) is 1. The first-order chi connectivity index (χ1) is 22.7. The van der Waals surface area contributed by atoms with Crippen LogP contribution in [0.1, 0.15) is 35.4 Å². The third-order valence-corrected chi connectivity index (χ3v) is 10.6. The molecule has 3 aromatic rings. The molecule has 3 fully saturated rings. The average molecular weight is 651 g/mol. The molecule has 7 rings (SSSR count). The van der Waals surface area contributed by atoms with Crippen LogP contribution in [-0.4, -0.2) is 46.8 Å². The van der Waals surface area contributed by atoms with Crippen LogP contribution in [0.15, 0.2) is 97.1 Å². The number of fused-ring (bicyclic) bond motifs is 4. The van der Waals surface area contributed by atoms with Gasteiger partial charge in [0.25, 0.3) is 0 Å². The molecule has 0 aromatic heterocycles. The van der Waals surface area contributed by atoms with Crippen molar-refractivity contribution in [3.05, 3.63) is 119 Å². The zero-order chi connectivity index (χ0) is 33.2. The number of hydrogen-bond donors (Lipinski definition) is 1. The first-order valence-corrected chi connectivity index (χ1v) is 15.8. The van der Waals surface area contributed by atoms with Gasteiger partial charge in [-0.3, -0.25) is 19.2 Å². The Morgan fingerprint density at radius 2 is 1.74 bits per heavy atom. The highest BCUT2D eigenvalue weighted by atomic mass is 35.5. The number of halogens is 1. The van der Waals surface area contributed by atoms with Crippen LogP contribution < -0.4 is 4.90 Å². The summed E-state index contributed by atoms with van der Waals surface area (Å²) in [6.07, 6.45) is 3.01. The fourth-order valence-corrected chi connectivity index (χ4v) is 8.71. The summed E-state index contributed by atoms with van der Waals surface area (Å²) in [7, 11) is 1.10. The predicted molar refractivity (Wildman–Crippen MR) is 172 cm³/mol. The number of phenols is 1. The van der Waals surface area contributed by atoms with Crippen molar-refractivity contribution >= 4 is 47.0 Å². The van der Waals surface area contributed by atoms with Gasteiger partial charge in [0.2, 0.25) is 23.6 Å². The Hall–Kier alpha value is -5.02. The van der Waals surface area contributed by atoms with Crippen molar-refractivity contribution in [3.8, 4) is 5.75 Å². The molecule has 1 N–H and O–H groups in total. The van der Waals surface area contributed by atoms with Gasteiger partial charge in [-0.1, -0.05) is 83.9 Å². The second-order valence-corrected chi connectivity index (χ2v) is 12.9. The van der Waals surface area contributed by atoms with Gasteiger partial charge in [0.05, 0.1) is 36.0 Å². The number of hydrogen-bond acceptors (Lipinski definition) is 7. The Morgan fingerprint density at radius 1 is 1.00 bits per heavy atom. The third kappa shape index (κ3) is 4.25. The van der Waals surface area contributed by atoms with Gasteiger partial charge >= 0.3 is 6.09 Å². The highest BCUT2D eigenvalue weighted by molar-refractivity contribution is 6.32. The van der Waals surface area contributed by atoms with Crippen LogP contribution in [0.5, 0.6) is 5.75 Å². The van der Waals surface area contributed by atoms with Crippen LogP contribution in [0.2, 0.25) is 5.02 Å². The maximum atomic E-state index is 15.2. The van der Waals surface area contributed by atoms with E-state index < -0.39 is 64.7 Å². The van der Waals surface area contributed by atoms with Crippen molar-refractivity contribution < 1.29 is 33.8 Å². The number of aromatic hydroxyl groups is 1. The monoisotopic (exact) mass is 650 g/mol. The molecule has 2 aliphatic heterocycles. The number of imide groups is 4. The van der Waals surface area contributed by atoms with E-state index in [0.717, 1.165) is 7.11 Å². The van der Waals surface area contributed by atoms with E-state index in [2.05, 4.69) is 6.58 Å². The third-order valence-electron chi connectivity index (χ3n) is 10.4. The Balaban J connectivity index is 1.51. The van der Waals surface area contributed by atoms with Crippen molar-refractivity contribution in [1.29, 1.82) is 0 Å². The lowest BCUT2D eigenvalue weighted by Gasteiger charge is -2.50. The number of likely N-dealkylation sites (tertiary alicyclic amines) is 1. The Bertz CT molecular complexity index is 1910. The Kier molecular flexibility index (Phi) is 7.39. The zero-order valence-electron chi connectivity index (χ0n) is 25.5. The molecule has 2 heterocycles. The molecular weight excluding hydrogens is 620 g/mol. The van der Waals surface area contributed by atoms with Crippen molar-refractivity contribution in [2.45, 2.75) is 30.6 Å². The van der Waals surface area contributed by atoms with Crippen molar-refractivity contribution in [1.82, 2.24) is 4.90 Å². The van der Waals surface area contributed by atoms with E-state index in [-0.39, 0.29) is 18.6 Å². The molecule has 6 atom stereocenters. The topological polar surface area (TPSA) is 121 Å². The summed E-state index contributed by atoms with van der Waals surface area (Å²) in [6, 6.07) is 20.9. The molecular formula is C37H31ClN2O7. The molecule has 2 aliphatic carbocycles. The van der Waals surface area contributed by atoms with E-state index in [1.807, 2.05) is 24.3 Å². The van der Waals surface area contributed by atoms with Crippen molar-refractivity contribution in [2.24, 2.45) is 23.7 Å². The Morgan fingerprint density at radius 3 is 2.45 bits per heavy atom. The molecule has 0 radical (unpaired) electrons. The van der Waals surface area contributed by atoms with Crippen LogP contribution >= 0.6 is 11.6 Å². The number of phenolic OH excluding ortho intramolecular Hbond substituents is 1. The molecule has 3 aromatic carbocycles. The number of amides is 5. The molecule has 238 valence electrons. The fraction of sp³-hybridized carbons (Fsp3) is 0.270. The summed E-state index contributed by atoms with van der Waals surface area (Å²) in [4.78, 5) is 71.6. The molecule has 1 saturated carbocycles. The van der Waals surface area contributed by atoms with Gasteiger partial charge in [-0.25, -0.2) is 9.69 Å². The van der Waals surface area contributed by atoms with Gasteiger partial charge in [-0.2, -0.15) is 4.90 Å². The average Bonchev–Trinajstić information content (AvgIpc) is 3.46. The summed E-state index contributed by atoms with van der Waals surface area (Å²) in [5, 5.41) is 12.2. The number of allylic oxidation sites excluding steroid dienone is 3. The van der Waals surface area contributed by atoms with E-state index in [1.54, 1.807) is 60.7 Å². The molecule has 0 bridgehead atoms. The van der Waals surface area contributed by atoms with Crippen molar-refractivity contribution in [3.63, 3.8) is 0 Å². The number of methoxy groups -OCH3 is 1. The second kappa shape index (κ2) is 11.3. The van der Waals surface area contributed by atoms with E-state index in [0.29, 0.717) is 44.3 Å². The highest BCUT2D eigenvalue weighted by Gasteiger charge is 2.70. The first kappa shape index (κ1) is 30.6. The van der Waals surface area contributed by atoms with Gasteiger partial charge in [-0.15, -0.1) is 6.58 Å². The molecule has 0 spiro atoms. The predicted octanol–water partition coefficient (Wildman–Crippen LogP) is 5.70. The van der Waals surface area contributed by atoms with Crippen LogP contribution in [0.3, 0.4) is 0 Å². The molecule has 6 unspecified atom stereocenters. The molecule has 2 saturated heterocycles. The van der Waals surface area contributed by atoms with Crippen molar-refractivity contribution in [2.75, 3.05) is 12.0 Å². The summed E-state index contributed by atoms with van der Waals surface area (Å²) in [6.45, 7) is 3.82. The zero-order valence-corrected chi connectivity index (χ0v) is 26.2. The first-order valence-electron chi connectivity index (χ1n) is 15.4. The standard InChI is InChI=1S/C37H31ClN2O7/c1-3-9-20-10-7-15-26(31(20)41)30-24-16-17-25-29(34(44)40(32(25)42)36(46)47-2)27(24)19-28-33(43)39(23-14-8-13-22(38)18-23)35(45)37(28,30)21-11-5-4-6-12-21/h3-8,10-16,18,25,27-30,41H,1,9,17,19H2,2H3. The van der Waals surface area contributed by atoms with Gasteiger partial charge in [0, 0.05) is 16.5 Å². The molecule has 5 amide bonds. The van der Waals surface area contributed by atoms with E-state index in [1.165, 1.54) is 4.90 Å². The van der Waals surface area contributed by atoms with Gasteiger partial charge in [0.15, 0.2) is 0 Å². The van der Waals surface area contributed by atoms with Crippen LogP contribution in [0.25, 0.3) is 0 Å². The quantitative estimate of drug-likeness (QED) is 0.278. The number of carbonyl (C=O) groups is 5. The maximum Gasteiger partial charge on any atom is 0.423 e. The lowest BCUT2D eigenvalue weighted by atomic mass is 9.49. The maximum absolute atomic E-state index is 15.2. The minimum absolute atomic E-state index is 0.0402. The number of rotatable bonds is 5. The highest BCUT2D eigenvalue weighted by Crippen LogP contribution is 2.65. The van der Waals surface area contributed by atoms with Crippen LogP contribution in [-0.2, 0) is 35.8 Å². The SMILES string of the molecule is C=CCc1cccc(C2C3=CCC4C(=O)N(C(=O)OC)C(=O)C4C3CC3C(=O)N(c4cccc(Cl)c4)C(=O)C32c2ccccc2)c1O. The minimum Gasteiger partial charge on any atom is -0.507 e. The minimum atomic E-state index is -1.53. The van der Waals surface area contributed by atoms with Gasteiger partial charge in [-0.05, 0) is 54.5 Å². The number of anilines is 1. The fourth-order valence-electron chi connectivity index (χ4n) is 8.52. The normalized spacial score (nSPS) is 28.0. The molecule has 9 nitrogen and oxygen atoms in total. The van der Waals surface area contributed by atoms with Gasteiger partial charge in [0.1, 0.15) is 5.75 Å². The number of para-hydroxylation sites is 1. The van der Waals surface area contributed by atoms with E-state index >= 15 is 4.79 Å². The number of nitrogens with zero attached hydrogens (tertiary/aromatic N) is 2. The second-order valence-electron chi connectivity index (χ2n) is 12.4. The summed E-state index contributed by atoms with van der Waals surface area (Å²) in [5.74, 6) is -6.73. The van der Waals surface area contributed by atoms with Gasteiger partial charge < -0.3 is 9.84 Å².